The van der Waals surface area contributed by atoms with Crippen LogP contribution in [-0.4, -0.2) is 64.5 Å². The molecular weight excluding hydrogens is 553 g/mol. The largest absolute Gasteiger partial charge is 0.508 e. The summed E-state index contributed by atoms with van der Waals surface area (Å²) in [6.45, 7) is 2.81. The lowest BCUT2D eigenvalue weighted by Gasteiger charge is -2.31. The minimum absolute atomic E-state index is 0.0143. The third-order valence-corrected chi connectivity index (χ3v) is 9.08. The third-order valence-electron chi connectivity index (χ3n) is 9.08. The molecule has 43 heavy (non-hydrogen) atoms. The van der Waals surface area contributed by atoms with Gasteiger partial charge in [-0.3, -0.25) is 4.90 Å². The Kier molecular flexibility index (Phi) is 6.89. The van der Waals surface area contributed by atoms with Gasteiger partial charge < -0.3 is 14.7 Å². The number of fused-ring (bicyclic) bond motifs is 3. The summed E-state index contributed by atoms with van der Waals surface area (Å²) in [5.41, 5.74) is -0.0230. The molecule has 0 radical (unpaired) electrons. The number of aromatic nitrogens is 2. The first-order valence-electron chi connectivity index (χ1n) is 14.7. The van der Waals surface area contributed by atoms with Crippen molar-refractivity contribution in [2.75, 3.05) is 37.7 Å². The summed E-state index contributed by atoms with van der Waals surface area (Å²) in [5, 5.41) is 11.8. The molecule has 1 aromatic heterocycles. The summed E-state index contributed by atoms with van der Waals surface area (Å²) >= 11 is 0. The zero-order valence-electron chi connectivity index (χ0n) is 23.6. The van der Waals surface area contributed by atoms with Crippen molar-refractivity contribution < 1.29 is 23.0 Å². The summed E-state index contributed by atoms with van der Waals surface area (Å²) in [4.78, 5) is 13.6. The highest BCUT2D eigenvalue weighted by Gasteiger charge is 2.49. The Balaban J connectivity index is 1.38. The maximum absolute atomic E-state index is 16.7. The highest BCUT2D eigenvalue weighted by molar-refractivity contribution is 6.04. The number of ether oxygens (including phenoxy) is 1. The Morgan fingerprint density at radius 3 is 2.65 bits per heavy atom. The molecule has 9 heteroatoms. The normalized spacial score (nSPS) is 22.2. The lowest BCUT2D eigenvalue weighted by molar-refractivity contribution is 0.107. The van der Waals surface area contributed by atoms with Gasteiger partial charge in [0.15, 0.2) is 5.82 Å². The lowest BCUT2D eigenvalue weighted by atomic mass is 9.93. The second kappa shape index (κ2) is 10.8. The monoisotopic (exact) mass is 584 g/mol. The van der Waals surface area contributed by atoms with Gasteiger partial charge in [0, 0.05) is 42.4 Å². The Hall–Kier alpha value is -4.29. The summed E-state index contributed by atoms with van der Waals surface area (Å²) in [6.07, 6.45) is 12.8. The second-order valence-corrected chi connectivity index (χ2v) is 11.7. The molecular formula is C34H31F3N4O2. The van der Waals surface area contributed by atoms with Crippen LogP contribution in [0, 0.1) is 24.0 Å². The molecule has 7 rings (SSSR count). The third kappa shape index (κ3) is 4.74. The molecule has 4 heterocycles. The van der Waals surface area contributed by atoms with E-state index in [0.717, 1.165) is 32.2 Å². The zero-order valence-corrected chi connectivity index (χ0v) is 23.6. The maximum atomic E-state index is 16.7. The Morgan fingerprint density at radius 2 is 1.86 bits per heavy atom. The van der Waals surface area contributed by atoms with Gasteiger partial charge in [-0.05, 0) is 67.4 Å². The van der Waals surface area contributed by atoms with E-state index in [1.807, 2.05) is 0 Å². The fraction of sp³-hybridized carbons (Fsp3) is 0.353. The number of anilines is 1. The number of phenolic OH excluding ortho intramolecular Hbond substituents is 1. The van der Waals surface area contributed by atoms with Crippen molar-refractivity contribution in [1.82, 2.24) is 14.9 Å². The Labute approximate surface area is 247 Å². The predicted molar refractivity (Wildman–Crippen MR) is 161 cm³/mol. The van der Waals surface area contributed by atoms with Crippen molar-refractivity contribution in [3.05, 3.63) is 65.7 Å². The van der Waals surface area contributed by atoms with Crippen LogP contribution < -0.4 is 9.64 Å². The number of hydrogen-bond donors (Lipinski definition) is 1. The molecule has 0 spiro atoms. The molecule has 0 saturated carbocycles. The van der Waals surface area contributed by atoms with E-state index in [-0.39, 0.29) is 40.6 Å². The number of terminal acetylenes is 1. The van der Waals surface area contributed by atoms with Crippen molar-refractivity contribution in [3.63, 3.8) is 0 Å². The molecule has 2 saturated heterocycles. The van der Waals surface area contributed by atoms with Crippen molar-refractivity contribution in [2.24, 2.45) is 0 Å². The summed E-state index contributed by atoms with van der Waals surface area (Å²) in [7, 11) is 0. The Bertz CT molecular complexity index is 1810. The topological polar surface area (TPSA) is 61.7 Å². The first-order valence-corrected chi connectivity index (χ1v) is 14.7. The molecule has 6 nitrogen and oxygen atoms in total. The van der Waals surface area contributed by atoms with E-state index in [1.165, 1.54) is 24.3 Å². The molecule has 220 valence electrons. The van der Waals surface area contributed by atoms with E-state index in [0.29, 0.717) is 48.0 Å². The quantitative estimate of drug-likeness (QED) is 0.213. The average Bonchev–Trinajstić information content (AvgIpc) is 3.37. The van der Waals surface area contributed by atoms with Gasteiger partial charge in [0.2, 0.25) is 0 Å². The van der Waals surface area contributed by atoms with Crippen molar-refractivity contribution in [2.45, 2.75) is 43.8 Å². The van der Waals surface area contributed by atoms with Gasteiger partial charge in [-0.1, -0.05) is 30.2 Å². The first kappa shape index (κ1) is 27.5. The Morgan fingerprint density at radius 1 is 1.05 bits per heavy atom. The summed E-state index contributed by atoms with van der Waals surface area (Å²) in [6, 6.07) is 8.95. The van der Waals surface area contributed by atoms with Gasteiger partial charge in [0.05, 0.1) is 11.1 Å². The number of rotatable bonds is 5. The average molecular weight is 585 g/mol. The molecule has 0 amide bonds. The van der Waals surface area contributed by atoms with Crippen LogP contribution in [0.3, 0.4) is 0 Å². The molecule has 3 aromatic carbocycles. The van der Waals surface area contributed by atoms with Gasteiger partial charge in [0.1, 0.15) is 35.7 Å². The standard InChI is InChI=1S/C34H31F3N4O2/c1-2-24-28(36)11-8-21-16-23(42)17-27(29(21)24)25-9-10-26-31(30(25)37)38-33(39-32(26)40-13-5-3-4-6-14-40)43-20-34-12-7-15-41(34)19-22(35)18-34/h1,3-4,8-11,16-17,22,42H,5-7,12-15,18-20H2/t22-,34+/m1/s1. The maximum Gasteiger partial charge on any atom is 0.319 e. The minimum Gasteiger partial charge on any atom is -0.508 e. The molecule has 3 aliphatic heterocycles. The number of alkyl halides is 1. The van der Waals surface area contributed by atoms with Crippen LogP contribution in [0.15, 0.2) is 48.6 Å². The van der Waals surface area contributed by atoms with Crippen LogP contribution in [0.1, 0.15) is 37.7 Å². The first-order chi connectivity index (χ1) is 20.9. The molecule has 0 unspecified atom stereocenters. The van der Waals surface area contributed by atoms with Gasteiger partial charge in [-0.2, -0.15) is 9.97 Å². The van der Waals surface area contributed by atoms with Crippen LogP contribution in [-0.2, 0) is 0 Å². The second-order valence-electron chi connectivity index (χ2n) is 11.7. The van der Waals surface area contributed by atoms with Crippen LogP contribution in [0.2, 0.25) is 0 Å². The minimum atomic E-state index is -0.906. The van der Waals surface area contributed by atoms with Crippen LogP contribution in [0.5, 0.6) is 11.8 Å². The zero-order chi connectivity index (χ0) is 29.7. The van der Waals surface area contributed by atoms with E-state index in [2.05, 4.69) is 32.9 Å². The lowest BCUT2D eigenvalue weighted by Crippen LogP contribution is -2.43. The van der Waals surface area contributed by atoms with E-state index in [9.17, 15) is 13.9 Å². The fourth-order valence-corrected chi connectivity index (χ4v) is 7.09. The molecule has 4 aromatic rings. The van der Waals surface area contributed by atoms with E-state index in [4.69, 9.17) is 16.1 Å². The predicted octanol–water partition coefficient (Wildman–Crippen LogP) is 6.53. The fourth-order valence-electron chi connectivity index (χ4n) is 7.09. The van der Waals surface area contributed by atoms with Crippen molar-refractivity contribution >= 4 is 27.5 Å². The smallest absolute Gasteiger partial charge is 0.319 e. The van der Waals surface area contributed by atoms with Crippen LogP contribution >= 0.6 is 0 Å². The summed E-state index contributed by atoms with van der Waals surface area (Å²) in [5.74, 6) is 1.56. The number of benzene rings is 3. The molecule has 2 atom stereocenters. The van der Waals surface area contributed by atoms with E-state index in [1.54, 1.807) is 12.1 Å². The number of hydrogen-bond acceptors (Lipinski definition) is 6. The molecule has 0 bridgehead atoms. The molecule has 2 fully saturated rings. The number of aromatic hydroxyl groups is 1. The van der Waals surface area contributed by atoms with Crippen LogP contribution in [0.25, 0.3) is 32.8 Å². The number of phenols is 1. The highest BCUT2D eigenvalue weighted by atomic mass is 19.1. The number of nitrogens with zero attached hydrogens (tertiary/aromatic N) is 4. The van der Waals surface area contributed by atoms with Crippen molar-refractivity contribution in [3.8, 4) is 35.2 Å². The van der Waals surface area contributed by atoms with E-state index >= 15 is 4.39 Å². The highest BCUT2D eigenvalue weighted by Crippen LogP contribution is 2.42. The van der Waals surface area contributed by atoms with E-state index < -0.39 is 23.3 Å². The molecule has 1 N–H and O–H groups in total. The van der Waals surface area contributed by atoms with Gasteiger partial charge >= 0.3 is 6.01 Å². The van der Waals surface area contributed by atoms with Crippen LogP contribution in [0.4, 0.5) is 19.0 Å². The SMILES string of the molecule is C#Cc1c(F)ccc2cc(O)cc(-c3ccc4c(N5CCC=CCC5)nc(OC[C@@]56CCCN5C[C@H](F)C6)nc4c3F)c12. The molecule has 3 aliphatic rings. The van der Waals surface area contributed by atoms with Crippen molar-refractivity contribution in [1.29, 1.82) is 0 Å². The van der Waals surface area contributed by atoms with Gasteiger partial charge in [0.25, 0.3) is 0 Å². The summed E-state index contributed by atoms with van der Waals surface area (Å²) < 4.78 is 52.1. The van der Waals surface area contributed by atoms with Gasteiger partial charge in [-0.15, -0.1) is 6.42 Å². The molecule has 0 aliphatic carbocycles. The van der Waals surface area contributed by atoms with Gasteiger partial charge in [-0.25, -0.2) is 13.2 Å². The number of halogens is 3.